The summed E-state index contributed by atoms with van der Waals surface area (Å²) < 4.78 is 68.5. The Morgan fingerprint density at radius 3 is 0.747 bits per heavy atom. The van der Waals surface area contributed by atoms with Crippen molar-refractivity contribution in [3.63, 3.8) is 0 Å². The monoisotopic (exact) mass is 1400 g/mol. The Balaban J connectivity index is 5.19. The van der Waals surface area contributed by atoms with Crippen LogP contribution < -0.4 is 0 Å². The summed E-state index contributed by atoms with van der Waals surface area (Å²) in [4.78, 5) is 72.7. The molecule has 7 atom stereocenters. The van der Waals surface area contributed by atoms with Crippen LogP contribution in [0.4, 0.5) is 0 Å². The highest BCUT2D eigenvalue weighted by molar-refractivity contribution is 7.47. The van der Waals surface area contributed by atoms with Crippen molar-refractivity contribution < 1.29 is 80.2 Å². The second-order valence-corrected chi connectivity index (χ2v) is 31.7. The van der Waals surface area contributed by atoms with Crippen molar-refractivity contribution in [2.24, 2.45) is 23.7 Å². The molecule has 0 saturated heterocycles. The van der Waals surface area contributed by atoms with E-state index in [2.05, 4.69) is 55.4 Å². The van der Waals surface area contributed by atoms with Crippen LogP contribution in [0, 0.1) is 23.7 Å². The SMILES string of the molecule is CCC(C)CCCCCCCCCCCCC(=O)O[C@H](COC(=O)CCCCCCCCCC(C)C)COP(=O)(O)OC[C@@H](O)COP(=O)(O)OC[C@@H](COC(=O)CCCCCCCCC(C)CC)OC(=O)CCCCCCCCCCCCCCCCCCCCC(C)C. The van der Waals surface area contributed by atoms with E-state index in [1.165, 1.54) is 173 Å². The van der Waals surface area contributed by atoms with E-state index in [0.717, 1.165) is 120 Å². The molecule has 0 aromatic rings. The Hall–Kier alpha value is -1.94. The maximum Gasteiger partial charge on any atom is 0.472 e. The molecule has 0 aromatic carbocycles. The molecule has 0 aliphatic carbocycles. The number of aliphatic hydroxyl groups excluding tert-OH is 1. The number of rotatable bonds is 73. The Kier molecular flexibility index (Phi) is 64.0. The van der Waals surface area contributed by atoms with Gasteiger partial charge in [0.15, 0.2) is 12.2 Å². The maximum absolute atomic E-state index is 13.1. The average Bonchev–Trinajstić information content (AvgIpc) is 1.40. The van der Waals surface area contributed by atoms with Crippen molar-refractivity contribution in [1.29, 1.82) is 0 Å². The molecule has 19 heteroatoms. The molecule has 0 aliphatic rings. The highest BCUT2D eigenvalue weighted by atomic mass is 31.2. The average molecular weight is 1400 g/mol. The third-order valence-electron chi connectivity index (χ3n) is 18.3. The minimum Gasteiger partial charge on any atom is -0.462 e. The molecular weight excluding hydrogens is 1250 g/mol. The molecule has 0 bridgehead atoms. The number of phosphoric ester groups is 2. The third kappa shape index (κ3) is 67.6. The number of hydrogen-bond donors (Lipinski definition) is 3. The summed E-state index contributed by atoms with van der Waals surface area (Å²) in [5.74, 6) is 0.935. The van der Waals surface area contributed by atoms with Crippen molar-refractivity contribution >= 4 is 39.5 Å². The van der Waals surface area contributed by atoms with Crippen LogP contribution in [0.1, 0.15) is 383 Å². The number of hydrogen-bond acceptors (Lipinski definition) is 15. The standard InChI is InChI=1S/C76H148O17P2/c1-9-68(7)54-46-38-30-24-21-22-26-32-43-51-59-76(81)92-71(62-86-73(78)56-48-40-33-27-29-37-45-53-67(5)6)64-90-94(82,83)88-60-70(77)61-89-95(84,85)91-65-72(63-87-74(79)57-49-41-35-34-39-47-55-69(8)10-2)93-75(80)58-50-42-31-25-20-18-16-14-12-11-13-15-17-19-23-28-36-44-52-66(3)4/h66-72,77H,9-65H2,1-8H3,(H,82,83)(H,84,85)/t68?,69?,70-,71-,72-/m1/s1. The van der Waals surface area contributed by atoms with Crippen molar-refractivity contribution in [3.05, 3.63) is 0 Å². The smallest absolute Gasteiger partial charge is 0.462 e. The predicted octanol–water partition coefficient (Wildman–Crippen LogP) is 22.0. The van der Waals surface area contributed by atoms with Crippen LogP contribution in [-0.4, -0.2) is 96.7 Å². The van der Waals surface area contributed by atoms with Gasteiger partial charge in [0.25, 0.3) is 0 Å². The van der Waals surface area contributed by atoms with Gasteiger partial charge < -0.3 is 33.8 Å². The predicted molar refractivity (Wildman–Crippen MR) is 386 cm³/mol. The first-order valence-electron chi connectivity index (χ1n) is 39.3. The topological polar surface area (TPSA) is 237 Å². The largest absolute Gasteiger partial charge is 0.472 e. The van der Waals surface area contributed by atoms with E-state index < -0.39 is 97.5 Å². The van der Waals surface area contributed by atoms with Gasteiger partial charge in [0.2, 0.25) is 0 Å². The zero-order chi connectivity index (χ0) is 70.3. The number of esters is 4. The zero-order valence-electron chi connectivity index (χ0n) is 62.3. The number of aliphatic hydroxyl groups is 1. The lowest BCUT2D eigenvalue weighted by Gasteiger charge is -2.21. The first-order valence-corrected chi connectivity index (χ1v) is 42.3. The number of carbonyl (C=O) groups is 4. The molecule has 17 nitrogen and oxygen atoms in total. The lowest BCUT2D eigenvalue weighted by atomic mass is 9.99. The van der Waals surface area contributed by atoms with E-state index in [1.54, 1.807) is 0 Å². The molecule has 0 aromatic heterocycles. The molecule has 95 heavy (non-hydrogen) atoms. The molecule has 0 amide bonds. The van der Waals surface area contributed by atoms with Gasteiger partial charge in [-0.2, -0.15) is 0 Å². The molecule has 0 fully saturated rings. The van der Waals surface area contributed by atoms with Gasteiger partial charge in [-0.15, -0.1) is 0 Å². The van der Waals surface area contributed by atoms with Crippen molar-refractivity contribution in [1.82, 2.24) is 0 Å². The highest BCUT2D eigenvalue weighted by Crippen LogP contribution is 2.45. The summed E-state index contributed by atoms with van der Waals surface area (Å²) in [5.41, 5.74) is 0. The van der Waals surface area contributed by atoms with Crippen molar-refractivity contribution in [2.75, 3.05) is 39.6 Å². The fourth-order valence-corrected chi connectivity index (χ4v) is 13.1. The van der Waals surface area contributed by atoms with Crippen LogP contribution in [0.3, 0.4) is 0 Å². The van der Waals surface area contributed by atoms with Gasteiger partial charge in [0.05, 0.1) is 26.4 Å². The van der Waals surface area contributed by atoms with Gasteiger partial charge in [-0.05, 0) is 49.4 Å². The Labute approximate surface area is 581 Å². The number of ether oxygens (including phenoxy) is 4. The van der Waals surface area contributed by atoms with Crippen LogP contribution in [0.2, 0.25) is 0 Å². The lowest BCUT2D eigenvalue weighted by molar-refractivity contribution is -0.161. The number of phosphoric acid groups is 2. The van der Waals surface area contributed by atoms with Crippen molar-refractivity contribution in [3.8, 4) is 0 Å². The number of carbonyl (C=O) groups excluding carboxylic acids is 4. The van der Waals surface area contributed by atoms with Gasteiger partial charge in [0.1, 0.15) is 19.3 Å². The van der Waals surface area contributed by atoms with Crippen LogP contribution in [0.5, 0.6) is 0 Å². The van der Waals surface area contributed by atoms with E-state index in [9.17, 15) is 43.2 Å². The second kappa shape index (κ2) is 65.4. The van der Waals surface area contributed by atoms with E-state index >= 15 is 0 Å². The quantitative estimate of drug-likeness (QED) is 0.0222. The van der Waals surface area contributed by atoms with E-state index in [-0.39, 0.29) is 25.7 Å². The molecule has 0 rings (SSSR count). The van der Waals surface area contributed by atoms with Crippen molar-refractivity contribution in [2.45, 2.75) is 401 Å². The molecular formula is C76H148O17P2. The Morgan fingerprint density at radius 2 is 0.505 bits per heavy atom. The first-order chi connectivity index (χ1) is 45.7. The zero-order valence-corrected chi connectivity index (χ0v) is 64.1. The van der Waals surface area contributed by atoms with Gasteiger partial charge in [-0.25, -0.2) is 9.13 Å². The molecule has 0 heterocycles. The summed E-state index contributed by atoms with van der Waals surface area (Å²) in [6, 6.07) is 0. The van der Waals surface area contributed by atoms with Gasteiger partial charge in [0, 0.05) is 25.7 Å². The minimum absolute atomic E-state index is 0.105. The van der Waals surface area contributed by atoms with Crippen LogP contribution in [0.25, 0.3) is 0 Å². The number of unbranched alkanes of at least 4 members (excludes halogenated alkanes) is 37. The van der Waals surface area contributed by atoms with Crippen LogP contribution in [0.15, 0.2) is 0 Å². The summed E-state index contributed by atoms with van der Waals surface area (Å²) in [5, 5.41) is 10.6. The maximum atomic E-state index is 13.1. The van der Waals surface area contributed by atoms with Gasteiger partial charge in [-0.3, -0.25) is 37.3 Å². The summed E-state index contributed by atoms with van der Waals surface area (Å²) in [6.07, 6.45) is 50.1. The van der Waals surface area contributed by atoms with Gasteiger partial charge in [-0.1, -0.05) is 331 Å². The van der Waals surface area contributed by atoms with Gasteiger partial charge >= 0.3 is 39.5 Å². The molecule has 4 unspecified atom stereocenters. The highest BCUT2D eigenvalue weighted by Gasteiger charge is 2.30. The third-order valence-corrected chi connectivity index (χ3v) is 20.2. The minimum atomic E-state index is -4.96. The lowest BCUT2D eigenvalue weighted by Crippen LogP contribution is -2.30. The molecule has 0 saturated carbocycles. The normalized spacial score (nSPS) is 14.7. The second-order valence-electron chi connectivity index (χ2n) is 28.8. The first kappa shape index (κ1) is 93.1. The van der Waals surface area contributed by atoms with E-state index in [1.807, 2.05) is 0 Å². The summed E-state index contributed by atoms with van der Waals surface area (Å²) in [7, 11) is -9.91. The van der Waals surface area contributed by atoms with E-state index in [4.69, 9.17) is 37.0 Å². The Bertz CT molecular complexity index is 1870. The fraction of sp³-hybridized carbons (Fsp3) is 0.947. The molecule has 564 valence electrons. The fourth-order valence-electron chi connectivity index (χ4n) is 11.5. The Morgan fingerprint density at radius 1 is 0.295 bits per heavy atom. The summed E-state index contributed by atoms with van der Waals surface area (Å²) >= 11 is 0. The summed E-state index contributed by atoms with van der Waals surface area (Å²) in [6.45, 7) is 14.2. The molecule has 0 radical (unpaired) electrons. The molecule has 3 N–H and O–H groups in total. The van der Waals surface area contributed by atoms with Crippen LogP contribution >= 0.6 is 15.6 Å². The van der Waals surface area contributed by atoms with E-state index in [0.29, 0.717) is 31.6 Å². The molecule has 0 aliphatic heterocycles. The van der Waals surface area contributed by atoms with Crippen LogP contribution in [-0.2, 0) is 65.4 Å². The molecule has 0 spiro atoms.